The van der Waals surface area contributed by atoms with E-state index in [9.17, 15) is 4.79 Å². The molecule has 1 aromatic rings. The van der Waals surface area contributed by atoms with E-state index in [-0.39, 0.29) is 6.42 Å². The highest BCUT2D eigenvalue weighted by molar-refractivity contribution is 5.66. The van der Waals surface area contributed by atoms with E-state index in [1.54, 1.807) is 6.20 Å². The van der Waals surface area contributed by atoms with Crippen LogP contribution in [-0.2, 0) is 11.2 Å². The molecule has 0 unspecified atom stereocenters. The number of aromatic amines is 1. The van der Waals surface area contributed by atoms with Crippen molar-refractivity contribution in [3.8, 4) is 0 Å². The van der Waals surface area contributed by atoms with Crippen molar-refractivity contribution < 1.29 is 9.90 Å². The zero-order chi connectivity index (χ0) is 10.9. The predicted molar refractivity (Wildman–Crippen MR) is 56.6 cm³/mol. The third-order valence-electron chi connectivity index (χ3n) is 2.09. The van der Waals surface area contributed by atoms with Gasteiger partial charge in [-0.1, -0.05) is 0 Å². The van der Waals surface area contributed by atoms with Gasteiger partial charge in [-0.05, 0) is 19.4 Å². The quantitative estimate of drug-likeness (QED) is 0.556. The molecule has 0 amide bonds. The van der Waals surface area contributed by atoms with Crippen LogP contribution in [0.1, 0.15) is 25.1 Å². The molecule has 1 aromatic heterocycles. The molecular weight excluding hydrogens is 194 g/mol. The zero-order valence-electron chi connectivity index (χ0n) is 8.70. The van der Waals surface area contributed by atoms with Gasteiger partial charge in [0.1, 0.15) is 5.82 Å². The number of carbonyl (C=O) groups is 1. The summed E-state index contributed by atoms with van der Waals surface area (Å²) in [6.45, 7) is 1.74. The summed E-state index contributed by atoms with van der Waals surface area (Å²) in [7, 11) is 0. The first kappa shape index (κ1) is 11.7. The van der Waals surface area contributed by atoms with E-state index in [1.807, 2.05) is 6.20 Å². The number of hydrogen-bond donors (Lipinski definition) is 3. The number of rotatable bonds is 8. The highest BCUT2D eigenvalue weighted by Crippen LogP contribution is 1.93. The third kappa shape index (κ3) is 5.85. The number of nitrogens with one attached hydrogen (secondary N) is 2. The Hall–Kier alpha value is -1.36. The monoisotopic (exact) mass is 211 g/mol. The van der Waals surface area contributed by atoms with Crippen LogP contribution in [0, 0.1) is 0 Å². The molecule has 0 radical (unpaired) electrons. The van der Waals surface area contributed by atoms with Gasteiger partial charge in [-0.15, -0.1) is 0 Å². The Labute approximate surface area is 88.9 Å². The number of nitrogens with zero attached hydrogens (tertiary/aromatic N) is 1. The highest BCUT2D eigenvalue weighted by Gasteiger charge is 1.96. The fraction of sp³-hybridized carbons (Fsp3) is 0.600. The minimum absolute atomic E-state index is 0.264. The van der Waals surface area contributed by atoms with E-state index < -0.39 is 5.97 Å². The van der Waals surface area contributed by atoms with Gasteiger partial charge < -0.3 is 15.4 Å². The maximum absolute atomic E-state index is 10.2. The number of carboxylic acids is 1. The minimum atomic E-state index is -0.717. The van der Waals surface area contributed by atoms with Crippen LogP contribution in [0.25, 0.3) is 0 Å². The second-order valence-corrected chi connectivity index (χ2v) is 3.39. The van der Waals surface area contributed by atoms with Gasteiger partial charge in [-0.2, -0.15) is 0 Å². The molecule has 0 fully saturated rings. The van der Waals surface area contributed by atoms with Crippen molar-refractivity contribution in [2.75, 3.05) is 13.1 Å². The molecule has 1 rings (SSSR count). The number of unbranched alkanes of at least 4 members (excludes halogenated alkanes) is 1. The van der Waals surface area contributed by atoms with Crippen LogP contribution in [0.5, 0.6) is 0 Å². The first-order chi connectivity index (χ1) is 7.29. The average Bonchev–Trinajstić information content (AvgIpc) is 2.68. The number of aromatic nitrogens is 2. The number of H-pyrrole nitrogens is 1. The van der Waals surface area contributed by atoms with Crippen molar-refractivity contribution >= 4 is 5.97 Å². The first-order valence-corrected chi connectivity index (χ1v) is 5.20. The normalized spacial score (nSPS) is 10.4. The lowest BCUT2D eigenvalue weighted by molar-refractivity contribution is -0.137. The highest BCUT2D eigenvalue weighted by atomic mass is 16.4. The van der Waals surface area contributed by atoms with E-state index >= 15 is 0 Å². The fourth-order valence-corrected chi connectivity index (χ4v) is 1.29. The Bertz CT molecular complexity index is 272. The van der Waals surface area contributed by atoms with Gasteiger partial charge >= 0.3 is 5.97 Å². The fourth-order valence-electron chi connectivity index (χ4n) is 1.29. The molecule has 0 aliphatic rings. The lowest BCUT2D eigenvalue weighted by Gasteiger charge is -2.02. The van der Waals surface area contributed by atoms with Crippen molar-refractivity contribution in [2.45, 2.75) is 25.7 Å². The summed E-state index contributed by atoms with van der Waals surface area (Å²) in [5.41, 5.74) is 0. The molecule has 0 spiro atoms. The third-order valence-corrected chi connectivity index (χ3v) is 2.09. The molecular formula is C10H17N3O2. The topological polar surface area (TPSA) is 78.0 Å². The van der Waals surface area contributed by atoms with Gasteiger partial charge in [0.2, 0.25) is 0 Å². The molecule has 0 saturated heterocycles. The Morgan fingerprint density at radius 3 is 3.00 bits per heavy atom. The summed E-state index contributed by atoms with van der Waals surface area (Å²) < 4.78 is 0. The van der Waals surface area contributed by atoms with Gasteiger partial charge in [-0.25, -0.2) is 4.98 Å². The van der Waals surface area contributed by atoms with Crippen LogP contribution in [0.15, 0.2) is 12.4 Å². The number of hydrogen-bond acceptors (Lipinski definition) is 3. The van der Waals surface area contributed by atoms with Crippen molar-refractivity contribution in [2.24, 2.45) is 0 Å². The standard InChI is InChI=1S/C10H17N3O2/c14-10(15)3-1-2-5-11-6-4-9-12-7-8-13-9/h7-8,11H,1-6H2,(H,12,13)(H,14,15). The molecule has 1 heterocycles. The Morgan fingerprint density at radius 2 is 2.33 bits per heavy atom. The molecule has 0 aromatic carbocycles. The van der Waals surface area contributed by atoms with Gasteiger partial charge in [0.25, 0.3) is 0 Å². The number of carboxylic acid groups (broad SMARTS) is 1. The van der Waals surface area contributed by atoms with Crippen LogP contribution in [0.2, 0.25) is 0 Å². The van der Waals surface area contributed by atoms with E-state index in [1.165, 1.54) is 0 Å². The summed E-state index contributed by atoms with van der Waals surface area (Å²) in [5.74, 6) is 0.263. The Balaban J connectivity index is 1.87. The number of imidazole rings is 1. The summed E-state index contributed by atoms with van der Waals surface area (Å²) in [6, 6.07) is 0. The lowest BCUT2D eigenvalue weighted by atomic mass is 10.2. The van der Waals surface area contributed by atoms with E-state index in [0.29, 0.717) is 0 Å². The second-order valence-electron chi connectivity index (χ2n) is 3.39. The Morgan fingerprint density at radius 1 is 1.47 bits per heavy atom. The SMILES string of the molecule is O=C(O)CCCCNCCc1ncc[nH]1. The number of aliphatic carboxylic acids is 1. The lowest BCUT2D eigenvalue weighted by Crippen LogP contribution is -2.19. The molecule has 0 aliphatic heterocycles. The van der Waals surface area contributed by atoms with Crippen LogP contribution >= 0.6 is 0 Å². The molecule has 84 valence electrons. The first-order valence-electron chi connectivity index (χ1n) is 5.20. The molecule has 3 N–H and O–H groups in total. The largest absolute Gasteiger partial charge is 0.481 e. The molecule has 0 saturated carbocycles. The molecule has 5 nitrogen and oxygen atoms in total. The van der Waals surface area contributed by atoms with Crippen molar-refractivity contribution in [1.29, 1.82) is 0 Å². The predicted octanol–water partition coefficient (Wildman–Crippen LogP) is 0.797. The molecule has 0 atom stereocenters. The van der Waals surface area contributed by atoms with Gasteiger partial charge in [0.05, 0.1) is 0 Å². The minimum Gasteiger partial charge on any atom is -0.481 e. The van der Waals surface area contributed by atoms with Gasteiger partial charge in [0.15, 0.2) is 0 Å². The molecule has 0 aliphatic carbocycles. The van der Waals surface area contributed by atoms with Crippen molar-refractivity contribution in [3.63, 3.8) is 0 Å². The van der Waals surface area contributed by atoms with Gasteiger partial charge in [0, 0.05) is 31.8 Å². The van der Waals surface area contributed by atoms with E-state index in [0.717, 1.165) is 38.2 Å². The smallest absolute Gasteiger partial charge is 0.303 e. The van der Waals surface area contributed by atoms with Crippen LogP contribution in [0.3, 0.4) is 0 Å². The van der Waals surface area contributed by atoms with Gasteiger partial charge in [-0.3, -0.25) is 4.79 Å². The Kier molecular flexibility index (Phi) is 5.47. The molecule has 15 heavy (non-hydrogen) atoms. The zero-order valence-corrected chi connectivity index (χ0v) is 8.70. The summed E-state index contributed by atoms with van der Waals surface area (Å²) in [4.78, 5) is 17.3. The summed E-state index contributed by atoms with van der Waals surface area (Å²) >= 11 is 0. The van der Waals surface area contributed by atoms with Crippen molar-refractivity contribution in [3.05, 3.63) is 18.2 Å². The molecule has 0 bridgehead atoms. The van der Waals surface area contributed by atoms with Crippen molar-refractivity contribution in [1.82, 2.24) is 15.3 Å². The average molecular weight is 211 g/mol. The summed E-state index contributed by atoms with van der Waals surface area (Å²) in [5, 5.41) is 11.7. The second kappa shape index (κ2) is 7.00. The van der Waals surface area contributed by atoms with E-state index in [4.69, 9.17) is 5.11 Å². The van der Waals surface area contributed by atoms with Crippen LogP contribution in [-0.4, -0.2) is 34.1 Å². The van der Waals surface area contributed by atoms with Crippen LogP contribution in [0.4, 0.5) is 0 Å². The van der Waals surface area contributed by atoms with E-state index in [2.05, 4.69) is 15.3 Å². The summed E-state index contributed by atoms with van der Waals surface area (Å²) in [6.07, 6.45) is 6.34. The maximum atomic E-state index is 10.2. The molecule has 5 heteroatoms. The maximum Gasteiger partial charge on any atom is 0.303 e. The van der Waals surface area contributed by atoms with Crippen LogP contribution < -0.4 is 5.32 Å².